The van der Waals surface area contributed by atoms with Gasteiger partial charge in [-0.3, -0.25) is 4.84 Å². The lowest BCUT2D eigenvalue weighted by atomic mass is 10.0. The number of halogens is 3. The van der Waals surface area contributed by atoms with Gasteiger partial charge in [0.1, 0.15) is 0 Å². The summed E-state index contributed by atoms with van der Waals surface area (Å²) in [5.74, 6) is 0. The maximum atomic E-state index is 12.1. The zero-order valence-corrected chi connectivity index (χ0v) is 12.4. The van der Waals surface area contributed by atoms with E-state index in [9.17, 15) is 21.6 Å². The van der Waals surface area contributed by atoms with Crippen LogP contribution in [0.4, 0.5) is 13.2 Å². The van der Waals surface area contributed by atoms with Crippen molar-refractivity contribution in [3.05, 3.63) is 28.3 Å². The molecule has 0 spiro atoms. The van der Waals surface area contributed by atoms with Crippen LogP contribution in [0.15, 0.2) is 11.0 Å². The number of alkyl halides is 3. The quantitative estimate of drug-likeness (QED) is 0.870. The standard InChI is InChI=1S/C12H16F3NO3S/c1-7-5-8(2)10(4)11(9(7)3)20(17,18)16-19-6-12(13,14)15/h5,16H,6H2,1-4H3. The molecule has 8 heteroatoms. The first-order valence-corrected chi connectivity index (χ1v) is 7.22. The molecule has 0 aliphatic heterocycles. The third-order valence-electron chi connectivity index (χ3n) is 2.97. The van der Waals surface area contributed by atoms with E-state index in [0.717, 1.165) is 11.1 Å². The van der Waals surface area contributed by atoms with E-state index in [0.29, 0.717) is 11.1 Å². The molecule has 0 aliphatic rings. The summed E-state index contributed by atoms with van der Waals surface area (Å²) in [5, 5.41) is 0. The zero-order valence-electron chi connectivity index (χ0n) is 11.6. The van der Waals surface area contributed by atoms with Gasteiger partial charge in [-0.2, -0.15) is 13.2 Å². The van der Waals surface area contributed by atoms with Crippen LogP contribution < -0.4 is 4.89 Å². The second kappa shape index (κ2) is 5.71. The average molecular weight is 311 g/mol. The molecule has 4 nitrogen and oxygen atoms in total. The monoisotopic (exact) mass is 311 g/mol. The van der Waals surface area contributed by atoms with Crippen LogP contribution in [-0.4, -0.2) is 21.2 Å². The molecule has 0 bridgehead atoms. The van der Waals surface area contributed by atoms with Gasteiger partial charge >= 0.3 is 6.18 Å². The van der Waals surface area contributed by atoms with Gasteiger partial charge < -0.3 is 0 Å². The number of hydrogen-bond acceptors (Lipinski definition) is 3. The van der Waals surface area contributed by atoms with Crippen molar-refractivity contribution < 1.29 is 26.4 Å². The van der Waals surface area contributed by atoms with Crippen LogP contribution in [0, 0.1) is 27.7 Å². The minimum absolute atomic E-state index is 0.0443. The molecule has 0 aliphatic carbocycles. The van der Waals surface area contributed by atoms with Gasteiger partial charge in [-0.05, 0) is 49.9 Å². The van der Waals surface area contributed by atoms with E-state index < -0.39 is 22.8 Å². The fraction of sp³-hybridized carbons (Fsp3) is 0.500. The number of benzene rings is 1. The molecule has 0 heterocycles. The number of sulfonamides is 1. The Kier molecular flexibility index (Phi) is 4.83. The average Bonchev–Trinajstić information content (AvgIpc) is 2.24. The van der Waals surface area contributed by atoms with Crippen molar-refractivity contribution in [2.24, 2.45) is 0 Å². The minimum Gasteiger partial charge on any atom is -0.277 e. The van der Waals surface area contributed by atoms with E-state index >= 15 is 0 Å². The van der Waals surface area contributed by atoms with Gasteiger partial charge in [0.05, 0.1) is 4.90 Å². The smallest absolute Gasteiger partial charge is 0.277 e. The van der Waals surface area contributed by atoms with Crippen LogP contribution in [0.25, 0.3) is 0 Å². The van der Waals surface area contributed by atoms with E-state index in [-0.39, 0.29) is 4.90 Å². The molecule has 0 unspecified atom stereocenters. The zero-order chi connectivity index (χ0) is 15.7. The van der Waals surface area contributed by atoms with Crippen molar-refractivity contribution in [2.45, 2.75) is 38.8 Å². The molecular weight excluding hydrogens is 295 g/mol. The Hall–Kier alpha value is -1.12. The van der Waals surface area contributed by atoms with Crippen molar-refractivity contribution in [3.8, 4) is 0 Å². The summed E-state index contributed by atoms with van der Waals surface area (Å²) in [5.41, 5.74) is 2.45. The molecule has 0 atom stereocenters. The highest BCUT2D eigenvalue weighted by atomic mass is 32.2. The Morgan fingerprint density at radius 2 is 1.55 bits per heavy atom. The van der Waals surface area contributed by atoms with Gasteiger partial charge in [-0.1, -0.05) is 11.0 Å². The molecule has 0 saturated heterocycles. The molecule has 20 heavy (non-hydrogen) atoms. The molecule has 1 aromatic rings. The van der Waals surface area contributed by atoms with Crippen molar-refractivity contribution in [1.29, 1.82) is 0 Å². The van der Waals surface area contributed by atoms with E-state index in [1.54, 1.807) is 27.7 Å². The second-order valence-electron chi connectivity index (χ2n) is 4.58. The summed E-state index contributed by atoms with van der Waals surface area (Å²) in [4.78, 5) is 5.52. The van der Waals surface area contributed by atoms with Crippen LogP contribution >= 0.6 is 0 Å². The Bertz CT molecular complexity index is 583. The number of nitrogens with one attached hydrogen (secondary N) is 1. The van der Waals surface area contributed by atoms with E-state index in [1.807, 2.05) is 6.07 Å². The maximum Gasteiger partial charge on any atom is 0.413 e. The van der Waals surface area contributed by atoms with Crippen LogP contribution in [0.3, 0.4) is 0 Å². The maximum absolute atomic E-state index is 12.1. The summed E-state index contributed by atoms with van der Waals surface area (Å²) >= 11 is 0. The predicted molar refractivity (Wildman–Crippen MR) is 67.7 cm³/mol. The molecule has 1 rings (SSSR count). The lowest BCUT2D eigenvalue weighted by molar-refractivity contribution is -0.181. The normalized spacial score (nSPS) is 12.8. The summed E-state index contributed by atoms with van der Waals surface area (Å²) < 4.78 is 60.0. The third-order valence-corrected chi connectivity index (χ3v) is 4.46. The van der Waals surface area contributed by atoms with Crippen LogP contribution in [-0.2, 0) is 14.9 Å². The fourth-order valence-corrected chi connectivity index (χ4v) is 3.24. The molecular formula is C12H16F3NO3S. The Labute approximate surface area is 115 Å². The lowest BCUT2D eigenvalue weighted by Crippen LogP contribution is -2.30. The van der Waals surface area contributed by atoms with E-state index in [2.05, 4.69) is 4.84 Å². The van der Waals surface area contributed by atoms with Gasteiger partial charge in [-0.25, -0.2) is 8.42 Å². The first-order valence-electron chi connectivity index (χ1n) is 5.73. The van der Waals surface area contributed by atoms with Crippen LogP contribution in [0.5, 0.6) is 0 Å². The van der Waals surface area contributed by atoms with Crippen molar-refractivity contribution in [3.63, 3.8) is 0 Å². The highest BCUT2D eigenvalue weighted by molar-refractivity contribution is 7.89. The molecule has 0 aromatic heterocycles. The van der Waals surface area contributed by atoms with Crippen LogP contribution in [0.2, 0.25) is 0 Å². The molecule has 0 saturated carbocycles. The third kappa shape index (κ3) is 3.94. The van der Waals surface area contributed by atoms with Gasteiger partial charge in [0.25, 0.3) is 10.0 Å². The summed E-state index contributed by atoms with van der Waals surface area (Å²) in [7, 11) is -4.16. The Balaban J connectivity index is 3.11. The summed E-state index contributed by atoms with van der Waals surface area (Å²) in [6.45, 7) is 4.98. The van der Waals surface area contributed by atoms with Crippen molar-refractivity contribution in [2.75, 3.05) is 6.61 Å². The van der Waals surface area contributed by atoms with Gasteiger partial charge in [0.15, 0.2) is 6.61 Å². The second-order valence-corrected chi connectivity index (χ2v) is 6.16. The molecule has 114 valence electrons. The van der Waals surface area contributed by atoms with E-state index in [4.69, 9.17) is 0 Å². The van der Waals surface area contributed by atoms with Gasteiger partial charge in [0, 0.05) is 0 Å². The number of aryl methyl sites for hydroxylation is 2. The topological polar surface area (TPSA) is 55.4 Å². The summed E-state index contributed by atoms with van der Waals surface area (Å²) in [6, 6.07) is 1.82. The number of hydrogen-bond donors (Lipinski definition) is 1. The predicted octanol–water partition coefficient (Wildman–Crippen LogP) is 2.69. The molecule has 0 fully saturated rings. The molecule has 0 radical (unpaired) electrons. The Morgan fingerprint density at radius 1 is 1.10 bits per heavy atom. The van der Waals surface area contributed by atoms with Crippen molar-refractivity contribution >= 4 is 10.0 Å². The Morgan fingerprint density at radius 3 is 1.95 bits per heavy atom. The lowest BCUT2D eigenvalue weighted by Gasteiger charge is -2.16. The summed E-state index contributed by atoms with van der Waals surface area (Å²) in [6.07, 6.45) is -4.60. The first-order chi connectivity index (χ1) is 8.96. The SMILES string of the molecule is Cc1cc(C)c(C)c(S(=O)(=O)NOCC(F)(F)F)c1C. The highest BCUT2D eigenvalue weighted by Crippen LogP contribution is 2.26. The largest absolute Gasteiger partial charge is 0.413 e. The van der Waals surface area contributed by atoms with E-state index in [1.165, 1.54) is 4.89 Å². The van der Waals surface area contributed by atoms with Crippen molar-refractivity contribution in [1.82, 2.24) is 4.89 Å². The highest BCUT2D eigenvalue weighted by Gasteiger charge is 2.30. The van der Waals surface area contributed by atoms with Gasteiger partial charge in [-0.15, -0.1) is 0 Å². The first kappa shape index (κ1) is 16.9. The number of rotatable bonds is 4. The van der Waals surface area contributed by atoms with Crippen LogP contribution in [0.1, 0.15) is 22.3 Å². The molecule has 0 amide bonds. The fourth-order valence-electron chi connectivity index (χ4n) is 1.81. The molecule has 1 N–H and O–H groups in total. The van der Waals surface area contributed by atoms with Gasteiger partial charge in [0.2, 0.25) is 0 Å². The minimum atomic E-state index is -4.60. The molecule has 1 aromatic carbocycles.